The highest BCUT2D eigenvalue weighted by molar-refractivity contribution is 5.76. The molecule has 0 aromatic heterocycles. The van der Waals surface area contributed by atoms with Crippen LogP contribution in [0.25, 0.3) is 0 Å². The van der Waals surface area contributed by atoms with Crippen LogP contribution < -0.4 is 5.32 Å². The summed E-state index contributed by atoms with van der Waals surface area (Å²) in [6.07, 6.45) is 72.1. The van der Waals surface area contributed by atoms with Gasteiger partial charge in [0.1, 0.15) is 24.4 Å². The van der Waals surface area contributed by atoms with Crippen LogP contribution in [0.5, 0.6) is 0 Å². The Kier molecular flexibility index (Phi) is 55.5. The Bertz CT molecular complexity index is 1370. The van der Waals surface area contributed by atoms with E-state index in [4.69, 9.17) is 9.47 Å². The summed E-state index contributed by atoms with van der Waals surface area (Å²) in [6.45, 7) is 3.80. The van der Waals surface area contributed by atoms with E-state index in [1.54, 1.807) is 6.08 Å². The van der Waals surface area contributed by atoms with Crippen LogP contribution in [0.4, 0.5) is 0 Å². The molecule has 6 N–H and O–H groups in total. The molecule has 7 unspecified atom stereocenters. The molecule has 9 nitrogen and oxygen atoms in total. The molecule has 0 aromatic rings. The Hall–Kier alpha value is -1.85. The molecule has 78 heavy (non-hydrogen) atoms. The molecular weight excluding hydrogens is 971 g/mol. The van der Waals surface area contributed by atoms with E-state index in [9.17, 15) is 30.3 Å². The number of unbranched alkanes of at least 4 members (excludes halogenated alkanes) is 43. The first kappa shape index (κ1) is 74.2. The molecule has 1 aliphatic rings. The first-order valence-corrected chi connectivity index (χ1v) is 33.9. The minimum absolute atomic E-state index is 0.181. The lowest BCUT2D eigenvalue weighted by atomic mass is 9.99. The zero-order chi connectivity index (χ0) is 56.5. The van der Waals surface area contributed by atoms with Crippen LogP contribution >= 0.6 is 0 Å². The van der Waals surface area contributed by atoms with Gasteiger partial charge in [-0.2, -0.15) is 0 Å². The highest BCUT2D eigenvalue weighted by Crippen LogP contribution is 2.23. The van der Waals surface area contributed by atoms with Gasteiger partial charge in [0.25, 0.3) is 0 Å². The van der Waals surface area contributed by atoms with Gasteiger partial charge in [0.2, 0.25) is 5.91 Å². The van der Waals surface area contributed by atoms with E-state index in [1.807, 2.05) is 6.08 Å². The van der Waals surface area contributed by atoms with E-state index in [0.29, 0.717) is 6.42 Å². The topological polar surface area (TPSA) is 149 Å². The molecular formula is C69H129NO8. The van der Waals surface area contributed by atoms with E-state index in [2.05, 4.69) is 55.6 Å². The predicted octanol–water partition coefficient (Wildman–Crippen LogP) is 18.0. The molecule has 0 aromatic carbocycles. The number of rotatable bonds is 59. The van der Waals surface area contributed by atoms with E-state index in [0.717, 1.165) is 44.9 Å². The van der Waals surface area contributed by atoms with Gasteiger partial charge in [0.05, 0.1) is 25.4 Å². The lowest BCUT2D eigenvalue weighted by Gasteiger charge is -2.40. The normalized spacial score (nSPS) is 18.9. The Morgan fingerprint density at radius 2 is 0.769 bits per heavy atom. The number of aliphatic hydroxyl groups excluding tert-OH is 5. The van der Waals surface area contributed by atoms with Crippen molar-refractivity contribution >= 4 is 5.91 Å². The van der Waals surface area contributed by atoms with Crippen LogP contribution in [-0.4, -0.2) is 87.5 Å². The summed E-state index contributed by atoms with van der Waals surface area (Å²) in [5.41, 5.74) is 0. The van der Waals surface area contributed by atoms with E-state index >= 15 is 0 Å². The van der Waals surface area contributed by atoms with Crippen LogP contribution in [-0.2, 0) is 14.3 Å². The number of ether oxygens (including phenoxy) is 2. The fourth-order valence-corrected chi connectivity index (χ4v) is 10.8. The van der Waals surface area contributed by atoms with Crippen molar-refractivity contribution in [3.8, 4) is 0 Å². The van der Waals surface area contributed by atoms with Gasteiger partial charge in [0, 0.05) is 6.42 Å². The molecule has 1 aliphatic heterocycles. The number of carbonyl (C=O) groups excluding carboxylic acids is 1. The lowest BCUT2D eigenvalue weighted by molar-refractivity contribution is -0.302. The summed E-state index contributed by atoms with van der Waals surface area (Å²) in [6, 6.07) is -0.823. The van der Waals surface area contributed by atoms with Gasteiger partial charge in [-0.15, -0.1) is 0 Å². The van der Waals surface area contributed by atoms with Crippen molar-refractivity contribution in [1.82, 2.24) is 5.32 Å². The highest BCUT2D eigenvalue weighted by atomic mass is 16.7. The van der Waals surface area contributed by atoms with Gasteiger partial charge in [0.15, 0.2) is 6.29 Å². The summed E-state index contributed by atoms with van der Waals surface area (Å²) in [4.78, 5) is 13.1. The third-order valence-corrected chi connectivity index (χ3v) is 16.1. The molecule has 0 spiro atoms. The highest BCUT2D eigenvalue weighted by Gasteiger charge is 2.44. The maximum atomic E-state index is 13.1. The fourth-order valence-electron chi connectivity index (χ4n) is 10.8. The molecule has 1 rings (SSSR count). The molecule has 9 heteroatoms. The van der Waals surface area contributed by atoms with Gasteiger partial charge in [-0.05, 0) is 64.2 Å². The van der Waals surface area contributed by atoms with Gasteiger partial charge < -0.3 is 40.3 Å². The Morgan fingerprint density at radius 3 is 1.15 bits per heavy atom. The average Bonchev–Trinajstić information content (AvgIpc) is 3.45. The lowest BCUT2D eigenvalue weighted by Crippen LogP contribution is -2.60. The van der Waals surface area contributed by atoms with Gasteiger partial charge in [-0.25, -0.2) is 0 Å². The van der Waals surface area contributed by atoms with Crippen molar-refractivity contribution in [1.29, 1.82) is 0 Å². The minimum atomic E-state index is -1.57. The molecule has 458 valence electrons. The third-order valence-electron chi connectivity index (χ3n) is 16.1. The number of hydrogen-bond donors (Lipinski definition) is 6. The van der Waals surface area contributed by atoms with Crippen LogP contribution in [0.2, 0.25) is 0 Å². The third kappa shape index (κ3) is 46.7. The molecule has 1 amide bonds. The smallest absolute Gasteiger partial charge is 0.220 e. The first-order valence-electron chi connectivity index (χ1n) is 33.9. The summed E-state index contributed by atoms with van der Waals surface area (Å²) in [5.74, 6) is -0.181. The van der Waals surface area contributed by atoms with Crippen LogP contribution in [0.15, 0.2) is 48.6 Å². The van der Waals surface area contributed by atoms with Gasteiger partial charge >= 0.3 is 0 Å². The van der Waals surface area contributed by atoms with Crippen molar-refractivity contribution < 1.29 is 39.8 Å². The standard InChI is InChI=1S/C69H129NO8/c1-3-5-7-9-11-13-15-17-19-21-23-25-27-29-30-31-32-33-34-35-37-39-41-43-45-47-49-51-53-55-57-59-65(73)70-62(61-77-69-68(76)67(75)66(74)64(60-71)78-69)63(72)58-56-54-52-50-48-46-44-42-40-38-36-28-26-24-22-20-18-16-14-12-10-8-6-4-2/h15,17,21,23,48,50,56,58,62-64,66-69,71-72,74-76H,3-14,16,18-20,22,24-47,49,51-55,57,59-61H2,1-2H3,(H,70,73)/b17-15-,23-21-,50-48+,58-56+. The molecule has 0 aliphatic carbocycles. The summed E-state index contributed by atoms with van der Waals surface area (Å²) in [7, 11) is 0. The van der Waals surface area contributed by atoms with E-state index in [1.165, 1.54) is 263 Å². The van der Waals surface area contributed by atoms with Crippen LogP contribution in [0.3, 0.4) is 0 Å². The van der Waals surface area contributed by atoms with Crippen molar-refractivity contribution in [3.05, 3.63) is 48.6 Å². The number of hydrogen-bond acceptors (Lipinski definition) is 8. The minimum Gasteiger partial charge on any atom is -0.394 e. The maximum absolute atomic E-state index is 13.1. The van der Waals surface area contributed by atoms with Crippen molar-refractivity contribution in [2.75, 3.05) is 13.2 Å². The van der Waals surface area contributed by atoms with Crippen LogP contribution in [0, 0.1) is 0 Å². The molecule has 0 radical (unpaired) electrons. The Labute approximate surface area is 482 Å². The number of carbonyl (C=O) groups is 1. The summed E-state index contributed by atoms with van der Waals surface area (Å²) >= 11 is 0. The second-order valence-electron chi connectivity index (χ2n) is 23.6. The van der Waals surface area contributed by atoms with Crippen molar-refractivity contribution in [2.45, 2.75) is 371 Å². The van der Waals surface area contributed by atoms with Crippen molar-refractivity contribution in [2.24, 2.45) is 0 Å². The quantitative estimate of drug-likeness (QED) is 0.0261. The molecule has 1 fully saturated rings. The van der Waals surface area contributed by atoms with Gasteiger partial charge in [-0.1, -0.05) is 306 Å². The number of allylic oxidation sites excluding steroid dienone is 7. The molecule has 1 heterocycles. The zero-order valence-electron chi connectivity index (χ0n) is 51.2. The number of aliphatic hydroxyl groups is 5. The van der Waals surface area contributed by atoms with Crippen molar-refractivity contribution in [3.63, 3.8) is 0 Å². The Morgan fingerprint density at radius 1 is 0.436 bits per heavy atom. The monoisotopic (exact) mass is 1100 g/mol. The summed E-state index contributed by atoms with van der Waals surface area (Å²) < 4.78 is 11.3. The maximum Gasteiger partial charge on any atom is 0.220 e. The average molecular weight is 1100 g/mol. The van der Waals surface area contributed by atoms with Gasteiger partial charge in [-0.3, -0.25) is 4.79 Å². The molecule has 7 atom stereocenters. The predicted molar refractivity (Wildman–Crippen MR) is 332 cm³/mol. The zero-order valence-corrected chi connectivity index (χ0v) is 51.2. The number of amides is 1. The van der Waals surface area contributed by atoms with E-state index < -0.39 is 49.5 Å². The second kappa shape index (κ2) is 58.4. The van der Waals surface area contributed by atoms with Crippen LogP contribution in [0.1, 0.15) is 328 Å². The first-order chi connectivity index (χ1) is 38.3. The van der Waals surface area contributed by atoms with E-state index in [-0.39, 0.29) is 12.5 Å². The fraction of sp³-hybridized carbons (Fsp3) is 0.870. The largest absolute Gasteiger partial charge is 0.394 e. The SMILES string of the molecule is CCCCCCC/C=C\C/C=C\CCCCCCCCCCCCCCCCCCCCCC(=O)NC(COC1OC(CO)C(O)C(O)C1O)C(O)/C=C/CC/C=C/CCCCCCCCCCCCCCCCCCCC. The molecule has 0 saturated carbocycles. The number of nitrogens with one attached hydrogen (secondary N) is 1. The Balaban J connectivity index is 2.15. The molecule has 0 bridgehead atoms. The second-order valence-corrected chi connectivity index (χ2v) is 23.6. The molecule has 1 saturated heterocycles. The summed E-state index contributed by atoms with van der Waals surface area (Å²) in [5, 5.41) is 54.7.